The number of imidazole rings is 1. The summed E-state index contributed by atoms with van der Waals surface area (Å²) < 4.78 is 3.28. The maximum Gasteiger partial charge on any atom is 0.328 e. The van der Waals surface area contributed by atoms with Crippen LogP contribution < -0.4 is 11.0 Å². The zero-order chi connectivity index (χ0) is 17.3. The molecule has 1 aliphatic heterocycles. The molecule has 3 rings (SSSR count). The minimum Gasteiger partial charge on any atom is -0.351 e. The lowest BCUT2D eigenvalue weighted by atomic mass is 10.1. The van der Waals surface area contributed by atoms with Gasteiger partial charge in [0.2, 0.25) is 5.91 Å². The Balaban J connectivity index is 1.72. The Bertz CT molecular complexity index is 805. The van der Waals surface area contributed by atoms with Gasteiger partial charge < -0.3 is 5.32 Å². The molecule has 24 heavy (non-hydrogen) atoms. The van der Waals surface area contributed by atoms with E-state index in [4.69, 9.17) is 0 Å². The highest BCUT2D eigenvalue weighted by atomic mass is 16.2. The first kappa shape index (κ1) is 16.8. The number of hydrogen-bond acceptors (Lipinski definition) is 3. The zero-order valence-electron chi connectivity index (χ0n) is 14.7. The molecule has 2 aromatic rings. The molecule has 1 N–H and O–H groups in total. The molecule has 1 aliphatic rings. The molecule has 2 heterocycles. The summed E-state index contributed by atoms with van der Waals surface area (Å²) in [5.41, 5.74) is 2.77. The highest BCUT2D eigenvalue weighted by Gasteiger charge is 2.24. The van der Waals surface area contributed by atoms with E-state index in [1.807, 2.05) is 25.2 Å². The van der Waals surface area contributed by atoms with E-state index in [0.29, 0.717) is 6.54 Å². The predicted octanol–water partition coefficient (Wildman–Crippen LogP) is 1.37. The second-order valence-corrected chi connectivity index (χ2v) is 6.79. The van der Waals surface area contributed by atoms with Crippen LogP contribution in [-0.2, 0) is 25.4 Å². The first-order valence-corrected chi connectivity index (χ1v) is 8.61. The van der Waals surface area contributed by atoms with E-state index in [0.717, 1.165) is 36.0 Å². The number of hydrogen-bond donors (Lipinski definition) is 1. The zero-order valence-corrected chi connectivity index (χ0v) is 14.7. The Morgan fingerprint density at radius 3 is 2.67 bits per heavy atom. The van der Waals surface area contributed by atoms with Crippen molar-refractivity contribution in [2.75, 3.05) is 13.6 Å². The van der Waals surface area contributed by atoms with Gasteiger partial charge in [-0.3, -0.25) is 18.8 Å². The number of aromatic nitrogens is 2. The summed E-state index contributed by atoms with van der Waals surface area (Å²) in [6, 6.07) is 5.86. The first-order valence-electron chi connectivity index (χ1n) is 8.61. The number of nitrogens with one attached hydrogen (secondary N) is 1. The molecular weight excluding hydrogens is 304 g/mol. The quantitative estimate of drug-likeness (QED) is 0.925. The average molecular weight is 330 g/mol. The molecule has 0 radical (unpaired) electrons. The lowest BCUT2D eigenvalue weighted by Gasteiger charge is -2.24. The molecule has 0 spiro atoms. The Morgan fingerprint density at radius 2 is 1.88 bits per heavy atom. The first-order chi connectivity index (χ1) is 11.5. The van der Waals surface area contributed by atoms with Crippen LogP contribution in [0.2, 0.25) is 0 Å². The van der Waals surface area contributed by atoms with Crippen LogP contribution in [0.25, 0.3) is 11.0 Å². The fraction of sp³-hybridized carbons (Fsp3) is 0.556. The highest BCUT2D eigenvalue weighted by molar-refractivity contribution is 5.82. The minimum absolute atomic E-state index is 0.0303. The summed E-state index contributed by atoms with van der Waals surface area (Å²) in [4.78, 5) is 26.7. The number of likely N-dealkylation sites (N-methyl/N-ethyl adjacent to an activating group) is 1. The third-order valence-corrected chi connectivity index (χ3v) is 5.13. The summed E-state index contributed by atoms with van der Waals surface area (Å²) in [6.45, 7) is 1.47. The van der Waals surface area contributed by atoms with Gasteiger partial charge in [-0.05, 0) is 44.1 Å². The summed E-state index contributed by atoms with van der Waals surface area (Å²) in [5.74, 6) is 0.0986. The lowest BCUT2D eigenvalue weighted by molar-refractivity contribution is -0.126. The molecule has 1 aromatic heterocycles. The predicted molar refractivity (Wildman–Crippen MR) is 94.9 cm³/mol. The van der Waals surface area contributed by atoms with Crippen LogP contribution in [0.3, 0.4) is 0 Å². The van der Waals surface area contributed by atoms with Crippen molar-refractivity contribution in [3.63, 3.8) is 0 Å². The fourth-order valence-corrected chi connectivity index (χ4v) is 3.55. The lowest BCUT2D eigenvalue weighted by Crippen LogP contribution is -2.44. The summed E-state index contributed by atoms with van der Waals surface area (Å²) in [6.07, 6.45) is 4.40. The molecule has 130 valence electrons. The van der Waals surface area contributed by atoms with Crippen molar-refractivity contribution in [1.29, 1.82) is 0 Å². The number of likely N-dealkylation sites (tertiary alicyclic amines) is 1. The number of amides is 1. The Kier molecular flexibility index (Phi) is 4.76. The van der Waals surface area contributed by atoms with Crippen molar-refractivity contribution in [1.82, 2.24) is 19.4 Å². The maximum atomic E-state index is 12.5. The molecular formula is C18H26N4O2. The van der Waals surface area contributed by atoms with Crippen LogP contribution in [-0.4, -0.2) is 39.6 Å². The van der Waals surface area contributed by atoms with Gasteiger partial charge in [-0.25, -0.2) is 4.79 Å². The third kappa shape index (κ3) is 3.11. The number of benzene rings is 1. The molecule has 1 amide bonds. The van der Waals surface area contributed by atoms with E-state index in [9.17, 15) is 9.59 Å². The minimum atomic E-state index is -0.0359. The van der Waals surface area contributed by atoms with Gasteiger partial charge in [-0.1, -0.05) is 18.9 Å². The van der Waals surface area contributed by atoms with Gasteiger partial charge in [0.1, 0.15) is 0 Å². The molecule has 1 fully saturated rings. The van der Waals surface area contributed by atoms with Gasteiger partial charge in [0, 0.05) is 20.6 Å². The van der Waals surface area contributed by atoms with Crippen molar-refractivity contribution < 1.29 is 4.79 Å². The van der Waals surface area contributed by atoms with Crippen molar-refractivity contribution in [3.8, 4) is 0 Å². The molecule has 1 saturated heterocycles. The molecule has 6 heteroatoms. The van der Waals surface area contributed by atoms with Gasteiger partial charge in [0.15, 0.2) is 0 Å². The molecule has 6 nitrogen and oxygen atoms in total. The second kappa shape index (κ2) is 6.81. The van der Waals surface area contributed by atoms with Crippen LogP contribution >= 0.6 is 0 Å². The molecule has 1 atom stereocenters. The number of rotatable bonds is 3. The number of carbonyl (C=O) groups excluding carboxylic acids is 1. The van der Waals surface area contributed by atoms with Crippen molar-refractivity contribution in [3.05, 3.63) is 34.2 Å². The SMILES string of the molecule is CN1CCCCC[C@H]1C(=O)NCc1ccc2c(c1)n(C)c(=O)n2C. The van der Waals surface area contributed by atoms with E-state index < -0.39 is 0 Å². The molecule has 1 aromatic carbocycles. The van der Waals surface area contributed by atoms with Crippen molar-refractivity contribution in [2.45, 2.75) is 38.3 Å². The topological polar surface area (TPSA) is 59.3 Å². The van der Waals surface area contributed by atoms with Crippen LogP contribution in [0.15, 0.2) is 23.0 Å². The summed E-state index contributed by atoms with van der Waals surface area (Å²) >= 11 is 0. The van der Waals surface area contributed by atoms with E-state index in [2.05, 4.69) is 10.2 Å². The molecule has 0 saturated carbocycles. The summed E-state index contributed by atoms with van der Waals surface area (Å²) in [5, 5.41) is 3.06. The van der Waals surface area contributed by atoms with Crippen molar-refractivity contribution in [2.24, 2.45) is 14.1 Å². The van der Waals surface area contributed by atoms with Crippen molar-refractivity contribution >= 4 is 16.9 Å². The number of carbonyl (C=O) groups is 1. The number of nitrogens with zero attached hydrogens (tertiary/aromatic N) is 3. The number of aryl methyl sites for hydroxylation is 2. The summed E-state index contributed by atoms with van der Waals surface area (Å²) in [7, 11) is 5.57. The Hall–Kier alpha value is -2.08. The van der Waals surface area contributed by atoms with Gasteiger partial charge in [0.05, 0.1) is 17.1 Å². The van der Waals surface area contributed by atoms with Gasteiger partial charge in [-0.2, -0.15) is 0 Å². The largest absolute Gasteiger partial charge is 0.351 e. The smallest absolute Gasteiger partial charge is 0.328 e. The van der Waals surface area contributed by atoms with Gasteiger partial charge in [-0.15, -0.1) is 0 Å². The van der Waals surface area contributed by atoms with Gasteiger partial charge in [0.25, 0.3) is 0 Å². The molecule has 0 bridgehead atoms. The highest BCUT2D eigenvalue weighted by Crippen LogP contribution is 2.16. The monoisotopic (exact) mass is 330 g/mol. The van der Waals surface area contributed by atoms with Crippen LogP contribution in [0.1, 0.15) is 31.2 Å². The maximum absolute atomic E-state index is 12.5. The fourth-order valence-electron chi connectivity index (χ4n) is 3.55. The van der Waals surface area contributed by atoms with E-state index in [1.165, 1.54) is 12.8 Å². The van der Waals surface area contributed by atoms with Crippen LogP contribution in [0.5, 0.6) is 0 Å². The molecule has 0 aliphatic carbocycles. The van der Waals surface area contributed by atoms with Crippen LogP contribution in [0, 0.1) is 0 Å². The standard InChI is InChI=1S/C18H26N4O2/c1-20-10-6-4-5-7-15(20)17(23)19-12-13-8-9-14-16(11-13)22(3)18(24)21(14)2/h8-9,11,15H,4-7,10,12H2,1-3H3,(H,19,23)/t15-/m0/s1. The molecule has 0 unspecified atom stereocenters. The van der Waals surface area contributed by atoms with E-state index in [-0.39, 0.29) is 17.6 Å². The van der Waals surface area contributed by atoms with Gasteiger partial charge >= 0.3 is 5.69 Å². The third-order valence-electron chi connectivity index (χ3n) is 5.13. The Labute approximate surface area is 142 Å². The normalized spacial score (nSPS) is 19.4. The van der Waals surface area contributed by atoms with E-state index >= 15 is 0 Å². The number of fused-ring (bicyclic) bond motifs is 1. The van der Waals surface area contributed by atoms with Crippen LogP contribution in [0.4, 0.5) is 0 Å². The average Bonchev–Trinajstić information content (AvgIpc) is 2.75. The second-order valence-electron chi connectivity index (χ2n) is 6.79. The Morgan fingerprint density at radius 1 is 1.12 bits per heavy atom. The van der Waals surface area contributed by atoms with E-state index in [1.54, 1.807) is 23.2 Å².